The zero-order chi connectivity index (χ0) is 22.8. The highest BCUT2D eigenvalue weighted by Gasteiger charge is 2.34. The highest BCUT2D eigenvalue weighted by molar-refractivity contribution is 8.00. The van der Waals surface area contributed by atoms with Gasteiger partial charge in [0, 0.05) is 34.3 Å². The molecule has 2 aliphatic heterocycles. The average molecular weight is 475 g/mol. The number of rotatable bonds is 6. The number of fused-ring (bicyclic) bond motifs is 1. The molecule has 0 spiro atoms. The van der Waals surface area contributed by atoms with Crippen LogP contribution in [0.5, 0.6) is 11.5 Å². The number of nitrogens with zero attached hydrogens (tertiary/aromatic N) is 2. The first-order valence-electron chi connectivity index (χ1n) is 10.4. The summed E-state index contributed by atoms with van der Waals surface area (Å²) in [5.74, 6) is 1.30. The highest BCUT2D eigenvalue weighted by atomic mass is 32.2. The van der Waals surface area contributed by atoms with E-state index in [1.54, 1.807) is 18.5 Å². The summed E-state index contributed by atoms with van der Waals surface area (Å²) in [6.07, 6.45) is -0.747. The number of anilines is 1. The minimum atomic E-state index is -4.44. The first-order chi connectivity index (χ1) is 16.0. The van der Waals surface area contributed by atoms with Crippen LogP contribution in [-0.4, -0.2) is 35.9 Å². The second-order valence-corrected chi connectivity index (χ2v) is 8.57. The molecule has 10 heteroatoms. The third kappa shape index (κ3) is 4.86. The number of hydrogen-bond donors (Lipinski definition) is 1. The molecule has 1 unspecified atom stereocenters. The van der Waals surface area contributed by atoms with Crippen LogP contribution in [0.4, 0.5) is 19.1 Å². The van der Waals surface area contributed by atoms with Crippen molar-refractivity contribution < 1.29 is 27.4 Å². The minimum Gasteiger partial charge on any atom is -0.493 e. The van der Waals surface area contributed by atoms with Gasteiger partial charge in [0.15, 0.2) is 0 Å². The molecule has 1 aromatic heterocycles. The van der Waals surface area contributed by atoms with Gasteiger partial charge in [-0.3, -0.25) is 4.72 Å². The predicted molar refractivity (Wildman–Crippen MR) is 117 cm³/mol. The summed E-state index contributed by atoms with van der Waals surface area (Å²) in [4.78, 5) is 9.15. The number of nitrogens with one attached hydrogen (secondary N) is 1. The van der Waals surface area contributed by atoms with Gasteiger partial charge in [0.25, 0.3) is 0 Å². The summed E-state index contributed by atoms with van der Waals surface area (Å²) in [6, 6.07) is 11.3. The summed E-state index contributed by atoms with van der Waals surface area (Å²) in [6.45, 7) is 1.20. The fourth-order valence-corrected chi connectivity index (χ4v) is 4.39. The first kappa shape index (κ1) is 21.8. The van der Waals surface area contributed by atoms with Crippen molar-refractivity contribution in [1.82, 2.24) is 9.97 Å². The maximum Gasteiger partial charge on any atom is 0.416 e. The molecule has 1 fully saturated rings. The van der Waals surface area contributed by atoms with E-state index < -0.39 is 11.7 Å². The number of alkyl halides is 3. The van der Waals surface area contributed by atoms with Crippen molar-refractivity contribution in [3.63, 3.8) is 0 Å². The van der Waals surface area contributed by atoms with Gasteiger partial charge in [0.2, 0.25) is 5.95 Å². The normalized spacial score (nSPS) is 18.1. The Morgan fingerprint density at radius 3 is 2.55 bits per heavy atom. The molecule has 0 bridgehead atoms. The van der Waals surface area contributed by atoms with Crippen LogP contribution in [0.2, 0.25) is 0 Å². The first-order valence-corrected chi connectivity index (χ1v) is 11.2. The van der Waals surface area contributed by atoms with Gasteiger partial charge in [-0.2, -0.15) is 13.2 Å². The summed E-state index contributed by atoms with van der Waals surface area (Å²) in [5.41, 5.74) is 0.904. The van der Waals surface area contributed by atoms with Crippen LogP contribution in [0.3, 0.4) is 0 Å². The van der Waals surface area contributed by atoms with E-state index in [1.165, 1.54) is 18.0 Å². The van der Waals surface area contributed by atoms with Crippen LogP contribution in [0.15, 0.2) is 59.8 Å². The lowest BCUT2D eigenvalue weighted by atomic mass is 9.85. The molecule has 3 aromatic rings. The van der Waals surface area contributed by atoms with Gasteiger partial charge in [-0.25, -0.2) is 9.97 Å². The Kier molecular flexibility index (Phi) is 6.03. The van der Waals surface area contributed by atoms with Gasteiger partial charge in [-0.1, -0.05) is 12.1 Å². The fraction of sp³-hybridized carbons (Fsp3) is 0.304. The lowest BCUT2D eigenvalue weighted by Crippen LogP contribution is -2.39. The smallest absolute Gasteiger partial charge is 0.416 e. The second-order valence-electron chi connectivity index (χ2n) is 7.69. The van der Waals surface area contributed by atoms with E-state index in [0.29, 0.717) is 37.9 Å². The van der Waals surface area contributed by atoms with E-state index in [9.17, 15) is 13.2 Å². The van der Waals surface area contributed by atoms with Crippen molar-refractivity contribution in [3.05, 3.63) is 71.5 Å². The quantitative estimate of drug-likeness (QED) is 0.485. The van der Waals surface area contributed by atoms with Crippen molar-refractivity contribution in [2.24, 2.45) is 0 Å². The third-order valence-corrected chi connectivity index (χ3v) is 6.24. The van der Waals surface area contributed by atoms with E-state index in [4.69, 9.17) is 14.2 Å². The van der Waals surface area contributed by atoms with Gasteiger partial charge in [0.05, 0.1) is 25.4 Å². The Morgan fingerprint density at radius 2 is 1.82 bits per heavy atom. The van der Waals surface area contributed by atoms with Crippen LogP contribution >= 0.6 is 11.9 Å². The topological polar surface area (TPSA) is 65.5 Å². The van der Waals surface area contributed by atoms with Gasteiger partial charge >= 0.3 is 6.18 Å². The lowest BCUT2D eigenvalue weighted by molar-refractivity contribution is -0.138. The van der Waals surface area contributed by atoms with E-state index in [2.05, 4.69) is 14.7 Å². The third-order valence-electron chi connectivity index (χ3n) is 5.47. The van der Waals surface area contributed by atoms with Crippen LogP contribution in [-0.2, 0) is 10.9 Å². The zero-order valence-electron chi connectivity index (χ0n) is 17.3. The van der Waals surface area contributed by atoms with Gasteiger partial charge in [-0.05, 0) is 48.7 Å². The maximum atomic E-state index is 13.3. The molecule has 3 heterocycles. The summed E-state index contributed by atoms with van der Waals surface area (Å²) in [7, 11) is 0. The highest BCUT2D eigenvalue weighted by Crippen LogP contribution is 2.44. The monoisotopic (exact) mass is 475 g/mol. The summed E-state index contributed by atoms with van der Waals surface area (Å²) >= 11 is 1.35. The molecule has 2 aromatic carbocycles. The van der Waals surface area contributed by atoms with Crippen LogP contribution in [0, 0.1) is 0 Å². The molecule has 1 atom stereocenters. The minimum absolute atomic E-state index is 0.142. The van der Waals surface area contributed by atoms with Crippen LogP contribution in [0.25, 0.3) is 0 Å². The number of ether oxygens (including phenoxy) is 3. The SMILES string of the molecule is FC(F)(F)c1ccc(C2CCOc3cc(SNc4ncccn4)ccc32)c(OC2COC2)c1. The second kappa shape index (κ2) is 9.11. The summed E-state index contributed by atoms with van der Waals surface area (Å²) < 4.78 is 60.0. The van der Waals surface area contributed by atoms with Gasteiger partial charge in [0.1, 0.15) is 17.6 Å². The molecular formula is C23H20F3N3O3S. The van der Waals surface area contributed by atoms with Crippen molar-refractivity contribution in [2.75, 3.05) is 24.5 Å². The Morgan fingerprint density at radius 1 is 1.03 bits per heavy atom. The number of halogens is 3. The molecule has 172 valence electrons. The molecular weight excluding hydrogens is 455 g/mol. The Bertz CT molecular complexity index is 1130. The van der Waals surface area contributed by atoms with Crippen molar-refractivity contribution in [1.29, 1.82) is 0 Å². The van der Waals surface area contributed by atoms with Gasteiger partial charge in [-0.15, -0.1) is 0 Å². The van der Waals surface area contributed by atoms with E-state index in [-0.39, 0.29) is 17.8 Å². The molecule has 0 amide bonds. The largest absolute Gasteiger partial charge is 0.493 e. The molecule has 33 heavy (non-hydrogen) atoms. The standard InChI is InChI=1S/C23H20F3N3O3S/c24-23(25,26)14-2-4-19(21(10-14)32-15-12-30-13-15)17-6-9-31-20-11-16(3-5-18(17)20)33-29-22-27-7-1-8-28-22/h1-5,7-8,10-11,15,17H,6,9,12-13H2,(H,27,28,29). The number of aromatic nitrogens is 2. The maximum absolute atomic E-state index is 13.3. The van der Waals surface area contributed by atoms with Crippen LogP contribution < -0.4 is 14.2 Å². The average Bonchev–Trinajstić information content (AvgIpc) is 2.79. The molecule has 5 rings (SSSR count). The molecule has 6 nitrogen and oxygen atoms in total. The van der Waals surface area contributed by atoms with Crippen molar-refractivity contribution in [2.45, 2.75) is 29.5 Å². The van der Waals surface area contributed by atoms with Crippen molar-refractivity contribution >= 4 is 17.9 Å². The molecule has 2 aliphatic rings. The fourth-order valence-electron chi connectivity index (χ4n) is 3.77. The van der Waals surface area contributed by atoms with E-state index >= 15 is 0 Å². The van der Waals surface area contributed by atoms with Crippen molar-refractivity contribution in [3.8, 4) is 11.5 Å². The Balaban J connectivity index is 1.42. The number of benzene rings is 2. The van der Waals surface area contributed by atoms with E-state index in [1.807, 2.05) is 18.2 Å². The molecule has 1 N–H and O–H groups in total. The molecule has 0 aliphatic carbocycles. The molecule has 0 radical (unpaired) electrons. The zero-order valence-corrected chi connectivity index (χ0v) is 18.2. The summed E-state index contributed by atoms with van der Waals surface area (Å²) in [5, 5.41) is 0. The predicted octanol–water partition coefficient (Wildman–Crippen LogP) is 5.31. The van der Waals surface area contributed by atoms with E-state index in [0.717, 1.165) is 28.2 Å². The lowest BCUT2D eigenvalue weighted by Gasteiger charge is -2.31. The van der Waals surface area contributed by atoms with Gasteiger partial charge < -0.3 is 14.2 Å². The Hall–Kier alpha value is -2.98. The molecule has 0 saturated carbocycles. The molecule has 1 saturated heterocycles. The van der Waals surface area contributed by atoms with Crippen LogP contribution in [0.1, 0.15) is 29.0 Å². The Labute approximate surface area is 192 Å². The number of hydrogen-bond acceptors (Lipinski definition) is 7.